The molecule has 4 rings (SSSR count). The van der Waals surface area contributed by atoms with Crippen molar-refractivity contribution >= 4 is 27.8 Å². The van der Waals surface area contributed by atoms with Crippen molar-refractivity contribution in [2.24, 2.45) is 5.18 Å². The number of nitrogens with one attached hydrogen (secondary N) is 1. The second-order valence-electron chi connectivity index (χ2n) is 4.64. The van der Waals surface area contributed by atoms with Crippen molar-refractivity contribution < 1.29 is 0 Å². The van der Waals surface area contributed by atoms with E-state index in [-0.39, 0.29) is 5.82 Å². The van der Waals surface area contributed by atoms with Gasteiger partial charge in [-0.2, -0.15) is 0 Å². The molecule has 0 atom stereocenters. The predicted molar refractivity (Wildman–Crippen MR) is 80.1 cm³/mol. The summed E-state index contributed by atoms with van der Waals surface area (Å²) in [6.07, 6.45) is 5.16. The number of pyridine rings is 3. The molecule has 21 heavy (non-hydrogen) atoms. The van der Waals surface area contributed by atoms with Crippen molar-refractivity contribution in [1.82, 2.24) is 19.9 Å². The van der Waals surface area contributed by atoms with Crippen LogP contribution in [0.15, 0.2) is 54.1 Å². The van der Waals surface area contributed by atoms with Gasteiger partial charge in [-0.1, -0.05) is 0 Å². The summed E-state index contributed by atoms with van der Waals surface area (Å²) in [5.74, 6) is 0.163. The van der Waals surface area contributed by atoms with Crippen LogP contribution in [0.2, 0.25) is 0 Å². The van der Waals surface area contributed by atoms with Crippen LogP contribution in [-0.2, 0) is 0 Å². The molecule has 0 aliphatic heterocycles. The van der Waals surface area contributed by atoms with Crippen LogP contribution in [0, 0.1) is 4.91 Å². The van der Waals surface area contributed by atoms with Crippen LogP contribution in [0.4, 0.5) is 5.82 Å². The Morgan fingerprint density at radius 2 is 1.95 bits per heavy atom. The Balaban J connectivity index is 1.89. The first-order chi connectivity index (χ1) is 10.3. The van der Waals surface area contributed by atoms with Gasteiger partial charge in [-0.3, -0.25) is 4.98 Å². The number of fused-ring (bicyclic) bond motifs is 3. The van der Waals surface area contributed by atoms with E-state index in [0.29, 0.717) is 0 Å². The van der Waals surface area contributed by atoms with Gasteiger partial charge in [0.1, 0.15) is 5.65 Å². The maximum Gasteiger partial charge on any atom is 0.196 e. The van der Waals surface area contributed by atoms with Gasteiger partial charge in [0.25, 0.3) is 0 Å². The zero-order chi connectivity index (χ0) is 14.2. The third-order valence-electron chi connectivity index (χ3n) is 3.40. The number of nitrogens with zero attached hydrogens (tertiary/aromatic N) is 4. The Labute approximate surface area is 118 Å². The topological polar surface area (TPSA) is 83.9 Å². The molecule has 0 spiro atoms. The SMILES string of the molecule is O=Nc1ccc(-c2ccc3c(n2)[nH]c2ccncc23)cn1. The molecule has 0 aliphatic carbocycles. The van der Waals surface area contributed by atoms with E-state index >= 15 is 0 Å². The number of H-pyrrole nitrogens is 1. The number of nitroso groups, excluding NO2 is 1. The molecule has 0 saturated carbocycles. The molecule has 6 nitrogen and oxygen atoms in total. The Kier molecular flexibility index (Phi) is 2.47. The van der Waals surface area contributed by atoms with Gasteiger partial charge in [0, 0.05) is 34.9 Å². The van der Waals surface area contributed by atoms with Gasteiger partial charge in [-0.25, -0.2) is 9.97 Å². The third-order valence-corrected chi connectivity index (χ3v) is 3.40. The van der Waals surface area contributed by atoms with Crippen LogP contribution in [0.1, 0.15) is 0 Å². The second kappa shape index (κ2) is 4.45. The largest absolute Gasteiger partial charge is 0.339 e. The smallest absolute Gasteiger partial charge is 0.196 e. The number of hydrogen-bond donors (Lipinski definition) is 1. The van der Waals surface area contributed by atoms with Gasteiger partial charge in [-0.05, 0) is 35.5 Å². The van der Waals surface area contributed by atoms with Crippen LogP contribution in [-0.4, -0.2) is 19.9 Å². The molecular weight excluding hydrogens is 266 g/mol. The average molecular weight is 275 g/mol. The van der Waals surface area contributed by atoms with Crippen molar-refractivity contribution in [3.8, 4) is 11.3 Å². The van der Waals surface area contributed by atoms with E-state index in [2.05, 4.69) is 25.1 Å². The van der Waals surface area contributed by atoms with Crippen LogP contribution in [0.5, 0.6) is 0 Å². The second-order valence-corrected chi connectivity index (χ2v) is 4.64. The molecule has 0 aliphatic rings. The summed E-state index contributed by atoms with van der Waals surface area (Å²) in [6.45, 7) is 0. The highest BCUT2D eigenvalue weighted by molar-refractivity contribution is 6.05. The molecule has 6 heteroatoms. The third kappa shape index (κ3) is 1.85. The molecule has 4 aromatic heterocycles. The number of rotatable bonds is 2. The quantitative estimate of drug-likeness (QED) is 0.567. The van der Waals surface area contributed by atoms with Crippen LogP contribution < -0.4 is 0 Å². The molecule has 100 valence electrons. The lowest BCUT2D eigenvalue weighted by molar-refractivity contribution is 1.25. The first kappa shape index (κ1) is 11.7. The monoisotopic (exact) mass is 275 g/mol. The Morgan fingerprint density at radius 1 is 1.00 bits per heavy atom. The number of aromatic amines is 1. The van der Waals surface area contributed by atoms with Gasteiger partial charge < -0.3 is 4.98 Å². The van der Waals surface area contributed by atoms with Gasteiger partial charge in [-0.15, -0.1) is 4.91 Å². The van der Waals surface area contributed by atoms with Crippen LogP contribution in [0.3, 0.4) is 0 Å². The molecule has 0 radical (unpaired) electrons. The van der Waals surface area contributed by atoms with E-state index in [1.165, 1.54) is 0 Å². The minimum atomic E-state index is 0.163. The standard InChI is InChI=1S/C15H9N5O/c21-20-14-4-1-9(7-17-14)12-3-2-10-11-8-16-6-5-13(11)19-15(10)18-12/h1-8H,(H,18,19). The summed E-state index contributed by atoms with van der Waals surface area (Å²) in [7, 11) is 0. The summed E-state index contributed by atoms with van der Waals surface area (Å²) < 4.78 is 0. The zero-order valence-corrected chi connectivity index (χ0v) is 10.8. The maximum atomic E-state index is 10.4. The lowest BCUT2D eigenvalue weighted by Crippen LogP contribution is -1.85. The van der Waals surface area contributed by atoms with Crippen molar-refractivity contribution in [2.75, 3.05) is 0 Å². The highest BCUT2D eigenvalue weighted by atomic mass is 16.3. The molecule has 1 N–H and O–H groups in total. The summed E-state index contributed by atoms with van der Waals surface area (Å²) >= 11 is 0. The fourth-order valence-electron chi connectivity index (χ4n) is 2.37. The van der Waals surface area contributed by atoms with Crippen LogP contribution >= 0.6 is 0 Å². The zero-order valence-electron chi connectivity index (χ0n) is 10.8. The summed E-state index contributed by atoms with van der Waals surface area (Å²) in [4.78, 5) is 26.4. The number of aromatic nitrogens is 4. The van der Waals surface area contributed by atoms with E-state index in [4.69, 9.17) is 0 Å². The Morgan fingerprint density at radius 3 is 2.76 bits per heavy atom. The minimum absolute atomic E-state index is 0.163. The first-order valence-electron chi connectivity index (χ1n) is 6.37. The lowest BCUT2D eigenvalue weighted by Gasteiger charge is -2.00. The normalized spacial score (nSPS) is 11.0. The van der Waals surface area contributed by atoms with Crippen molar-refractivity contribution in [1.29, 1.82) is 0 Å². The molecule has 0 saturated heterocycles. The molecule has 0 aromatic carbocycles. The summed E-state index contributed by atoms with van der Waals surface area (Å²) in [6, 6.07) is 9.20. The Hall–Kier alpha value is -3.15. The molecule has 4 aromatic rings. The average Bonchev–Trinajstić information content (AvgIpc) is 2.92. The Bertz CT molecular complexity index is 959. The maximum absolute atomic E-state index is 10.4. The van der Waals surface area contributed by atoms with E-state index in [1.807, 2.05) is 24.4 Å². The summed E-state index contributed by atoms with van der Waals surface area (Å²) in [5, 5.41) is 4.86. The molecule has 0 fully saturated rings. The fourth-order valence-corrected chi connectivity index (χ4v) is 2.37. The van der Waals surface area contributed by atoms with Gasteiger partial charge in [0.15, 0.2) is 5.82 Å². The van der Waals surface area contributed by atoms with E-state index in [1.54, 1.807) is 24.5 Å². The fraction of sp³-hybridized carbons (Fsp3) is 0. The molecule has 4 heterocycles. The van der Waals surface area contributed by atoms with E-state index in [0.717, 1.165) is 33.2 Å². The van der Waals surface area contributed by atoms with Crippen molar-refractivity contribution in [3.05, 3.63) is 53.8 Å². The van der Waals surface area contributed by atoms with E-state index < -0.39 is 0 Å². The van der Waals surface area contributed by atoms with Gasteiger partial charge in [0.05, 0.1) is 11.2 Å². The minimum Gasteiger partial charge on any atom is -0.339 e. The molecule has 0 bridgehead atoms. The van der Waals surface area contributed by atoms with Crippen LogP contribution in [0.25, 0.3) is 33.2 Å². The lowest BCUT2D eigenvalue weighted by atomic mass is 10.1. The number of hydrogen-bond acceptors (Lipinski definition) is 5. The first-order valence-corrected chi connectivity index (χ1v) is 6.37. The van der Waals surface area contributed by atoms with E-state index in [9.17, 15) is 4.91 Å². The predicted octanol–water partition coefficient (Wildman–Crippen LogP) is 3.57. The van der Waals surface area contributed by atoms with Crippen molar-refractivity contribution in [3.63, 3.8) is 0 Å². The van der Waals surface area contributed by atoms with Crippen molar-refractivity contribution in [2.45, 2.75) is 0 Å². The molecule has 0 amide bonds. The molecule has 0 unspecified atom stereocenters. The molecular formula is C15H9N5O. The van der Waals surface area contributed by atoms with Gasteiger partial charge in [0.2, 0.25) is 0 Å². The highest BCUT2D eigenvalue weighted by Crippen LogP contribution is 2.26. The van der Waals surface area contributed by atoms with Gasteiger partial charge >= 0.3 is 0 Å². The summed E-state index contributed by atoms with van der Waals surface area (Å²) in [5.41, 5.74) is 3.42. The highest BCUT2D eigenvalue weighted by Gasteiger charge is 2.07.